The molecule has 0 aliphatic carbocycles. The van der Waals surface area contributed by atoms with Crippen LogP contribution in [0.3, 0.4) is 0 Å². The van der Waals surface area contributed by atoms with Gasteiger partial charge in [-0.2, -0.15) is 0 Å². The monoisotopic (exact) mass is 156 g/mol. The highest BCUT2D eigenvalue weighted by Gasteiger charge is 2.28. The first-order valence-electron chi connectivity index (χ1n) is 4.50. The van der Waals surface area contributed by atoms with Gasteiger partial charge in [0, 0.05) is 11.3 Å². The van der Waals surface area contributed by atoms with Gasteiger partial charge in [0.1, 0.15) is 5.78 Å². The van der Waals surface area contributed by atoms with Gasteiger partial charge in [0.25, 0.3) is 0 Å². The van der Waals surface area contributed by atoms with E-state index in [1.54, 1.807) is 0 Å². The number of carbonyl (C=O) groups excluding carboxylic acids is 1. The highest BCUT2D eigenvalue weighted by Crippen LogP contribution is 2.25. The van der Waals surface area contributed by atoms with Crippen molar-refractivity contribution in [2.24, 2.45) is 11.3 Å². The summed E-state index contributed by atoms with van der Waals surface area (Å²) in [5.74, 6) is 0.632. The normalized spacial score (nSPS) is 14.6. The summed E-state index contributed by atoms with van der Waals surface area (Å²) in [7, 11) is 0. The van der Waals surface area contributed by atoms with Gasteiger partial charge in [-0.25, -0.2) is 0 Å². The maximum absolute atomic E-state index is 11.6. The van der Waals surface area contributed by atoms with E-state index in [9.17, 15) is 4.79 Å². The van der Waals surface area contributed by atoms with Crippen molar-refractivity contribution < 1.29 is 4.79 Å². The smallest absolute Gasteiger partial charge is 0.141 e. The van der Waals surface area contributed by atoms with Crippen LogP contribution in [0.15, 0.2) is 0 Å². The molecule has 0 bridgehead atoms. The first-order valence-corrected chi connectivity index (χ1v) is 4.50. The van der Waals surface area contributed by atoms with E-state index in [0.29, 0.717) is 5.78 Å². The maximum Gasteiger partial charge on any atom is 0.141 e. The van der Waals surface area contributed by atoms with Crippen molar-refractivity contribution in [1.82, 2.24) is 0 Å². The summed E-state index contributed by atoms with van der Waals surface area (Å²) in [4.78, 5) is 11.6. The summed E-state index contributed by atoms with van der Waals surface area (Å²) in [5, 5.41) is 0. The van der Waals surface area contributed by atoms with E-state index in [4.69, 9.17) is 0 Å². The van der Waals surface area contributed by atoms with Gasteiger partial charge in [0.15, 0.2) is 0 Å². The Bertz CT molecular complexity index is 136. The molecule has 0 heterocycles. The number of hydrogen-bond acceptors (Lipinski definition) is 1. The third kappa shape index (κ3) is 2.64. The average molecular weight is 156 g/mol. The number of ketones is 1. The average Bonchev–Trinajstić information content (AvgIpc) is 2.01. The van der Waals surface area contributed by atoms with Crippen molar-refractivity contribution in [3.63, 3.8) is 0 Å². The zero-order valence-electron chi connectivity index (χ0n) is 8.40. The highest BCUT2D eigenvalue weighted by atomic mass is 16.1. The van der Waals surface area contributed by atoms with Crippen LogP contribution in [0.4, 0.5) is 0 Å². The molecule has 1 nitrogen and oxygen atoms in total. The summed E-state index contributed by atoms with van der Waals surface area (Å²) < 4.78 is 0. The molecular weight excluding hydrogens is 136 g/mol. The van der Waals surface area contributed by atoms with Crippen LogP contribution < -0.4 is 0 Å². The lowest BCUT2D eigenvalue weighted by atomic mass is 9.79. The number of Topliss-reactive ketones (excluding diaryl/α,β-unsaturated/α-hetero) is 1. The fraction of sp³-hybridized carbons (Fsp3) is 0.900. The van der Waals surface area contributed by atoms with Crippen molar-refractivity contribution in [3.05, 3.63) is 0 Å². The molecule has 0 rings (SSSR count). The molecule has 0 N–H and O–H groups in total. The molecular formula is C10H20O. The molecule has 11 heavy (non-hydrogen) atoms. The van der Waals surface area contributed by atoms with E-state index in [1.807, 2.05) is 20.8 Å². The van der Waals surface area contributed by atoms with E-state index in [2.05, 4.69) is 13.8 Å². The molecule has 0 amide bonds. The van der Waals surface area contributed by atoms with E-state index in [1.165, 1.54) is 0 Å². The van der Waals surface area contributed by atoms with Crippen molar-refractivity contribution in [3.8, 4) is 0 Å². The molecule has 1 atom stereocenters. The molecule has 0 radical (unpaired) electrons. The second-order valence-corrected chi connectivity index (χ2v) is 3.91. The van der Waals surface area contributed by atoms with Crippen LogP contribution in [0.1, 0.15) is 47.5 Å². The summed E-state index contributed by atoms with van der Waals surface area (Å²) in [6.07, 6.45) is 1.90. The molecule has 0 saturated carbocycles. The Morgan fingerprint density at radius 2 is 1.82 bits per heavy atom. The largest absolute Gasteiger partial charge is 0.299 e. The maximum atomic E-state index is 11.6. The zero-order valence-corrected chi connectivity index (χ0v) is 8.40. The Balaban J connectivity index is 4.23. The summed E-state index contributed by atoms with van der Waals surface area (Å²) >= 11 is 0. The van der Waals surface area contributed by atoms with Gasteiger partial charge in [0.2, 0.25) is 0 Å². The minimum absolute atomic E-state index is 0.116. The Kier molecular flexibility index (Phi) is 3.77. The van der Waals surface area contributed by atoms with E-state index >= 15 is 0 Å². The topological polar surface area (TPSA) is 17.1 Å². The van der Waals surface area contributed by atoms with E-state index in [-0.39, 0.29) is 11.3 Å². The standard InChI is InChI=1S/C10H20O/c1-6-8(3)9(11)10(4,5)7-2/h8H,6-7H2,1-5H3. The van der Waals surface area contributed by atoms with Gasteiger partial charge >= 0.3 is 0 Å². The van der Waals surface area contributed by atoms with Gasteiger partial charge in [-0.1, -0.05) is 34.6 Å². The molecule has 0 spiro atoms. The summed E-state index contributed by atoms with van der Waals surface area (Å²) in [6.45, 7) is 10.2. The second kappa shape index (κ2) is 3.89. The lowest BCUT2D eigenvalue weighted by Gasteiger charge is -2.24. The fourth-order valence-corrected chi connectivity index (χ4v) is 1.03. The van der Waals surface area contributed by atoms with Crippen LogP contribution in [0, 0.1) is 11.3 Å². The SMILES string of the molecule is CCC(C)C(=O)C(C)(C)CC. The molecule has 0 saturated heterocycles. The number of hydrogen-bond donors (Lipinski definition) is 0. The van der Waals surface area contributed by atoms with Gasteiger partial charge < -0.3 is 0 Å². The quantitative estimate of drug-likeness (QED) is 0.611. The van der Waals surface area contributed by atoms with Crippen molar-refractivity contribution in [1.29, 1.82) is 0 Å². The number of rotatable bonds is 4. The fourth-order valence-electron chi connectivity index (χ4n) is 1.03. The van der Waals surface area contributed by atoms with Crippen molar-refractivity contribution in [2.45, 2.75) is 47.5 Å². The first-order chi connectivity index (χ1) is 4.95. The van der Waals surface area contributed by atoms with Gasteiger partial charge in [-0.15, -0.1) is 0 Å². The molecule has 0 fully saturated rings. The predicted molar refractivity (Wildman–Crippen MR) is 48.5 cm³/mol. The Morgan fingerprint density at radius 1 is 1.36 bits per heavy atom. The summed E-state index contributed by atoms with van der Waals surface area (Å²) in [5.41, 5.74) is -0.116. The molecule has 0 aliphatic heterocycles. The molecule has 0 aromatic heterocycles. The minimum Gasteiger partial charge on any atom is -0.299 e. The van der Waals surface area contributed by atoms with Crippen LogP contribution in [0.25, 0.3) is 0 Å². The molecule has 1 unspecified atom stereocenters. The lowest BCUT2D eigenvalue weighted by molar-refractivity contribution is -0.130. The molecule has 1 heteroatoms. The van der Waals surface area contributed by atoms with Crippen LogP contribution in [0.5, 0.6) is 0 Å². The van der Waals surface area contributed by atoms with Gasteiger partial charge in [0.05, 0.1) is 0 Å². The Labute approximate surface area is 70.2 Å². The van der Waals surface area contributed by atoms with Crippen molar-refractivity contribution >= 4 is 5.78 Å². The zero-order chi connectivity index (χ0) is 9.07. The molecule has 0 aliphatic rings. The highest BCUT2D eigenvalue weighted by molar-refractivity contribution is 5.85. The van der Waals surface area contributed by atoms with E-state index < -0.39 is 0 Å². The van der Waals surface area contributed by atoms with Crippen LogP contribution in [-0.2, 0) is 4.79 Å². The molecule has 0 aromatic carbocycles. The Hall–Kier alpha value is -0.330. The van der Waals surface area contributed by atoms with Crippen LogP contribution >= 0.6 is 0 Å². The molecule has 0 aromatic rings. The van der Waals surface area contributed by atoms with E-state index in [0.717, 1.165) is 12.8 Å². The first kappa shape index (κ1) is 10.7. The minimum atomic E-state index is -0.116. The van der Waals surface area contributed by atoms with Crippen molar-refractivity contribution in [2.75, 3.05) is 0 Å². The van der Waals surface area contributed by atoms with Gasteiger partial charge in [-0.05, 0) is 12.8 Å². The Morgan fingerprint density at radius 3 is 2.09 bits per heavy atom. The second-order valence-electron chi connectivity index (χ2n) is 3.91. The number of carbonyl (C=O) groups is 1. The van der Waals surface area contributed by atoms with Gasteiger partial charge in [-0.3, -0.25) is 4.79 Å². The summed E-state index contributed by atoms with van der Waals surface area (Å²) in [6, 6.07) is 0. The predicted octanol–water partition coefficient (Wildman–Crippen LogP) is 3.04. The third-order valence-corrected chi connectivity index (χ3v) is 2.61. The molecule has 66 valence electrons. The van der Waals surface area contributed by atoms with Crippen LogP contribution in [-0.4, -0.2) is 5.78 Å². The van der Waals surface area contributed by atoms with Crippen LogP contribution in [0.2, 0.25) is 0 Å². The lowest BCUT2D eigenvalue weighted by Crippen LogP contribution is -2.28. The third-order valence-electron chi connectivity index (χ3n) is 2.61.